The summed E-state index contributed by atoms with van der Waals surface area (Å²) in [6.07, 6.45) is 5.53. The lowest BCUT2D eigenvalue weighted by molar-refractivity contribution is 0.508. The Hall–Kier alpha value is -2.75. The van der Waals surface area contributed by atoms with Gasteiger partial charge in [0.1, 0.15) is 0 Å². The first kappa shape index (κ1) is 16.6. The molecule has 23 heavy (non-hydrogen) atoms. The first-order valence-corrected chi connectivity index (χ1v) is 7.23. The van der Waals surface area contributed by atoms with Gasteiger partial charge in [-0.2, -0.15) is 0 Å². The Morgan fingerprint density at radius 3 is 2.57 bits per heavy atom. The van der Waals surface area contributed by atoms with Crippen LogP contribution < -0.4 is 5.73 Å². The molecule has 2 rings (SSSR count). The number of hydrogen-bond acceptors (Lipinski definition) is 2. The molecule has 0 amide bonds. The number of benzene rings is 2. The minimum atomic E-state index is -0.916. The maximum absolute atomic E-state index is 13.2. The maximum atomic E-state index is 13.2. The van der Waals surface area contributed by atoms with Crippen LogP contribution in [0.4, 0.5) is 14.5 Å². The summed E-state index contributed by atoms with van der Waals surface area (Å²) in [7, 11) is 0. The first-order chi connectivity index (χ1) is 11.0. The van der Waals surface area contributed by atoms with Crippen molar-refractivity contribution in [3.63, 3.8) is 0 Å². The third-order valence-corrected chi connectivity index (χ3v) is 3.61. The van der Waals surface area contributed by atoms with Crippen LogP contribution in [-0.2, 0) is 6.42 Å². The van der Waals surface area contributed by atoms with Crippen LogP contribution in [-0.4, -0.2) is 5.71 Å². The van der Waals surface area contributed by atoms with Gasteiger partial charge in [0.2, 0.25) is 0 Å². The zero-order chi connectivity index (χ0) is 17.0. The van der Waals surface area contributed by atoms with E-state index >= 15 is 0 Å². The fourth-order valence-electron chi connectivity index (χ4n) is 2.45. The van der Waals surface area contributed by atoms with E-state index in [0.29, 0.717) is 23.2 Å². The molecule has 0 aliphatic rings. The molecule has 118 valence electrons. The van der Waals surface area contributed by atoms with E-state index in [1.54, 1.807) is 18.2 Å². The lowest BCUT2D eigenvalue weighted by Gasteiger charge is -2.13. The smallest absolute Gasteiger partial charge is 0.159 e. The van der Waals surface area contributed by atoms with Crippen molar-refractivity contribution in [2.24, 2.45) is 0 Å². The highest BCUT2D eigenvalue weighted by Crippen LogP contribution is 2.24. The molecule has 3 N–H and O–H groups in total. The van der Waals surface area contributed by atoms with E-state index in [4.69, 9.17) is 11.1 Å². The number of nitrogens with two attached hydrogens (primary N) is 1. The standard InChI is InChI=1S/C19H18F2N2/c1-3-13-7-10-18(23)19(14(13)4-2)17(22)9-6-12-5-8-15(20)16(21)11-12/h3,5-11,22H,1,4,23H2,2H3/b9-6+,22-17?. The van der Waals surface area contributed by atoms with Crippen molar-refractivity contribution in [1.29, 1.82) is 5.41 Å². The highest BCUT2D eigenvalue weighted by Gasteiger charge is 2.12. The van der Waals surface area contributed by atoms with Gasteiger partial charge in [-0.1, -0.05) is 37.8 Å². The number of nitrogen functional groups attached to an aromatic ring is 1. The summed E-state index contributed by atoms with van der Waals surface area (Å²) < 4.78 is 26.1. The van der Waals surface area contributed by atoms with Crippen molar-refractivity contribution in [3.05, 3.63) is 76.9 Å². The van der Waals surface area contributed by atoms with Crippen molar-refractivity contribution < 1.29 is 8.78 Å². The normalized spacial score (nSPS) is 10.9. The number of anilines is 1. The van der Waals surface area contributed by atoms with Gasteiger partial charge in [-0.05, 0) is 47.4 Å². The SMILES string of the molecule is C=Cc1ccc(N)c(C(=N)/C=C/c2ccc(F)c(F)c2)c1CC. The number of hydrogen-bond donors (Lipinski definition) is 2. The lowest BCUT2D eigenvalue weighted by Crippen LogP contribution is -2.07. The van der Waals surface area contributed by atoms with E-state index < -0.39 is 11.6 Å². The molecule has 0 unspecified atom stereocenters. The number of nitrogens with one attached hydrogen (secondary N) is 1. The summed E-state index contributed by atoms with van der Waals surface area (Å²) in [6.45, 7) is 5.76. The molecule has 0 radical (unpaired) electrons. The zero-order valence-electron chi connectivity index (χ0n) is 12.9. The van der Waals surface area contributed by atoms with Crippen LogP contribution in [0.25, 0.3) is 12.2 Å². The quantitative estimate of drug-likeness (QED) is 0.603. The molecule has 0 heterocycles. The zero-order valence-corrected chi connectivity index (χ0v) is 12.9. The molecule has 0 aromatic heterocycles. The van der Waals surface area contributed by atoms with Gasteiger partial charge >= 0.3 is 0 Å². The molecule has 0 atom stereocenters. The molecular formula is C19H18F2N2. The molecule has 2 aromatic rings. The fraction of sp³-hybridized carbons (Fsp3) is 0.105. The molecule has 2 aromatic carbocycles. The largest absolute Gasteiger partial charge is 0.398 e. The van der Waals surface area contributed by atoms with E-state index in [1.807, 2.05) is 13.0 Å². The fourth-order valence-corrected chi connectivity index (χ4v) is 2.45. The molecule has 0 aliphatic heterocycles. The second kappa shape index (κ2) is 7.01. The topological polar surface area (TPSA) is 49.9 Å². The third kappa shape index (κ3) is 3.54. The second-order valence-electron chi connectivity index (χ2n) is 5.08. The second-order valence-corrected chi connectivity index (χ2v) is 5.08. The summed E-state index contributed by atoms with van der Waals surface area (Å²) in [5.74, 6) is -1.81. The maximum Gasteiger partial charge on any atom is 0.159 e. The van der Waals surface area contributed by atoms with Gasteiger partial charge in [0, 0.05) is 11.3 Å². The van der Waals surface area contributed by atoms with Gasteiger partial charge < -0.3 is 11.1 Å². The Morgan fingerprint density at radius 1 is 1.22 bits per heavy atom. The Morgan fingerprint density at radius 2 is 1.96 bits per heavy atom. The van der Waals surface area contributed by atoms with E-state index in [1.165, 1.54) is 12.1 Å². The van der Waals surface area contributed by atoms with Crippen LogP contribution >= 0.6 is 0 Å². The lowest BCUT2D eigenvalue weighted by atomic mass is 9.93. The van der Waals surface area contributed by atoms with E-state index in [-0.39, 0.29) is 5.71 Å². The Balaban J connectivity index is 2.39. The molecule has 0 saturated carbocycles. The molecule has 0 bridgehead atoms. The van der Waals surface area contributed by atoms with Crippen molar-refractivity contribution in [2.75, 3.05) is 5.73 Å². The monoisotopic (exact) mass is 312 g/mol. The van der Waals surface area contributed by atoms with Gasteiger partial charge in [-0.15, -0.1) is 0 Å². The van der Waals surface area contributed by atoms with Crippen LogP contribution in [0, 0.1) is 17.0 Å². The van der Waals surface area contributed by atoms with Crippen LogP contribution in [0.3, 0.4) is 0 Å². The first-order valence-electron chi connectivity index (χ1n) is 7.23. The molecule has 0 aliphatic carbocycles. The van der Waals surface area contributed by atoms with Gasteiger partial charge in [0.15, 0.2) is 11.6 Å². The van der Waals surface area contributed by atoms with Crippen LogP contribution in [0.1, 0.15) is 29.2 Å². The van der Waals surface area contributed by atoms with Gasteiger partial charge in [-0.3, -0.25) is 0 Å². The summed E-state index contributed by atoms with van der Waals surface area (Å²) >= 11 is 0. The minimum absolute atomic E-state index is 0.216. The van der Waals surface area contributed by atoms with Gasteiger partial charge in [-0.25, -0.2) is 8.78 Å². The average Bonchev–Trinajstić information content (AvgIpc) is 2.55. The Bertz CT molecular complexity index is 792. The Kier molecular flexibility index (Phi) is 5.06. The number of allylic oxidation sites excluding steroid dienone is 1. The van der Waals surface area contributed by atoms with E-state index in [9.17, 15) is 8.78 Å². The average molecular weight is 312 g/mol. The predicted octanol–water partition coefficient (Wildman–Crippen LogP) is 4.83. The molecule has 0 spiro atoms. The van der Waals surface area contributed by atoms with Gasteiger partial charge in [0.05, 0.1) is 5.71 Å². The summed E-state index contributed by atoms with van der Waals surface area (Å²) in [5, 5.41) is 8.26. The van der Waals surface area contributed by atoms with Crippen molar-refractivity contribution in [3.8, 4) is 0 Å². The highest BCUT2D eigenvalue weighted by molar-refractivity contribution is 6.13. The number of rotatable bonds is 5. The van der Waals surface area contributed by atoms with Crippen molar-refractivity contribution >= 4 is 23.6 Å². The van der Waals surface area contributed by atoms with E-state index in [2.05, 4.69) is 6.58 Å². The highest BCUT2D eigenvalue weighted by atomic mass is 19.2. The van der Waals surface area contributed by atoms with E-state index in [0.717, 1.165) is 23.3 Å². The number of halogens is 2. The molecule has 2 nitrogen and oxygen atoms in total. The van der Waals surface area contributed by atoms with Crippen LogP contribution in [0.5, 0.6) is 0 Å². The summed E-state index contributed by atoms with van der Waals surface area (Å²) in [4.78, 5) is 0. The molecule has 0 saturated heterocycles. The van der Waals surface area contributed by atoms with Crippen molar-refractivity contribution in [2.45, 2.75) is 13.3 Å². The summed E-state index contributed by atoms with van der Waals surface area (Å²) in [6, 6.07) is 7.21. The van der Waals surface area contributed by atoms with Gasteiger partial charge in [0.25, 0.3) is 0 Å². The minimum Gasteiger partial charge on any atom is -0.398 e. The predicted molar refractivity (Wildman–Crippen MR) is 92.5 cm³/mol. The summed E-state index contributed by atoms with van der Waals surface area (Å²) in [5.41, 5.74) is 9.73. The molecule has 4 heteroatoms. The molecular weight excluding hydrogens is 294 g/mol. The third-order valence-electron chi connectivity index (χ3n) is 3.61. The Labute approximate surface area is 134 Å². The van der Waals surface area contributed by atoms with Crippen LogP contribution in [0.15, 0.2) is 43.0 Å². The van der Waals surface area contributed by atoms with Crippen molar-refractivity contribution in [1.82, 2.24) is 0 Å². The molecule has 0 fully saturated rings. The van der Waals surface area contributed by atoms with Crippen LogP contribution in [0.2, 0.25) is 0 Å².